The number of piperidine rings is 1. The molecule has 4 heterocycles. The maximum atomic E-state index is 12.8. The van der Waals surface area contributed by atoms with Gasteiger partial charge in [0.05, 0.1) is 7.05 Å². The Hall–Kier alpha value is -3.71. The molecule has 0 aliphatic carbocycles. The Labute approximate surface area is 208 Å². The molecule has 13 heteroatoms. The van der Waals surface area contributed by atoms with E-state index in [0.29, 0.717) is 52.8 Å². The number of aromatic nitrogens is 6. The number of carbonyl (C=O) groups excluding carboxylic acids is 2. The fraction of sp³-hybridized carbons (Fsp3) is 0.522. The van der Waals surface area contributed by atoms with E-state index in [-0.39, 0.29) is 24.6 Å². The van der Waals surface area contributed by atoms with E-state index in [2.05, 4.69) is 30.5 Å². The van der Waals surface area contributed by atoms with Gasteiger partial charge in [-0.3, -0.25) is 10.4 Å². The molecular formula is C23H32N9O4+. The standard InChI is InChI=1S/C23H31N9O4/c1-23(2,3)36-22(34)32-8-6-7-13(10-32)27-20-18-17(25-12-26-20)14(21(33)24-4)9-15(28-18)19-29-16(11-35-5)30-31-19/h9,12-13H,6-8,10-11H2,1-5H3,(H,24,33)(H,25,26,27)(H,29,30,31)/p+1/t13-/m0/s1. The molecule has 3 aromatic rings. The molecule has 13 nitrogen and oxygen atoms in total. The van der Waals surface area contributed by atoms with Crippen molar-refractivity contribution in [1.82, 2.24) is 35.0 Å². The first-order chi connectivity index (χ1) is 17.2. The van der Waals surface area contributed by atoms with E-state index in [9.17, 15) is 9.59 Å². The van der Waals surface area contributed by atoms with Crippen molar-refractivity contribution >= 4 is 28.9 Å². The Morgan fingerprint density at radius 2 is 2.06 bits per heavy atom. The molecule has 1 fully saturated rings. The number of rotatable bonds is 6. The smallest absolute Gasteiger partial charge is 0.410 e. The maximum absolute atomic E-state index is 12.8. The molecule has 4 rings (SSSR count). The summed E-state index contributed by atoms with van der Waals surface area (Å²) in [5.41, 5.74) is 1.06. The van der Waals surface area contributed by atoms with E-state index in [1.54, 1.807) is 25.1 Å². The van der Waals surface area contributed by atoms with Crippen LogP contribution in [0.15, 0.2) is 12.4 Å². The number of nitrogens with two attached hydrogens (primary N) is 1. The van der Waals surface area contributed by atoms with E-state index < -0.39 is 5.60 Å². The Kier molecular flexibility index (Phi) is 7.40. The number of amides is 2. The zero-order chi connectivity index (χ0) is 25.9. The second-order valence-corrected chi connectivity index (χ2v) is 9.58. The quantitative estimate of drug-likeness (QED) is 0.448. The third kappa shape index (κ3) is 5.74. The Morgan fingerprint density at radius 1 is 1.25 bits per heavy atom. The third-order valence-electron chi connectivity index (χ3n) is 5.57. The molecule has 1 saturated heterocycles. The number of quaternary nitrogens is 1. The topological polar surface area (TPSA) is 165 Å². The summed E-state index contributed by atoms with van der Waals surface area (Å²) in [5, 5.41) is 11.9. The highest BCUT2D eigenvalue weighted by atomic mass is 16.6. The van der Waals surface area contributed by atoms with Crippen molar-refractivity contribution in [2.24, 2.45) is 0 Å². The van der Waals surface area contributed by atoms with Gasteiger partial charge in [-0.2, -0.15) is 5.10 Å². The fourth-order valence-electron chi connectivity index (χ4n) is 3.99. The van der Waals surface area contributed by atoms with Gasteiger partial charge in [-0.25, -0.2) is 29.5 Å². The average molecular weight is 499 g/mol. The summed E-state index contributed by atoms with van der Waals surface area (Å²) in [6, 6.07) is 1.55. The first-order valence-corrected chi connectivity index (χ1v) is 11.8. The summed E-state index contributed by atoms with van der Waals surface area (Å²) >= 11 is 0. The van der Waals surface area contributed by atoms with Crippen LogP contribution in [0.5, 0.6) is 0 Å². The van der Waals surface area contributed by atoms with Gasteiger partial charge >= 0.3 is 12.0 Å². The van der Waals surface area contributed by atoms with Crippen molar-refractivity contribution in [2.45, 2.75) is 51.9 Å². The molecule has 192 valence electrons. The highest BCUT2D eigenvalue weighted by Crippen LogP contribution is 2.27. The first kappa shape index (κ1) is 25.4. The molecule has 0 bridgehead atoms. The monoisotopic (exact) mass is 498 g/mol. The van der Waals surface area contributed by atoms with Crippen LogP contribution in [0.25, 0.3) is 22.6 Å². The number of hydrogen-bond acceptors (Lipinski definition) is 10. The number of primary amides is 1. The lowest BCUT2D eigenvalue weighted by atomic mass is 10.1. The largest absolute Gasteiger partial charge is 0.444 e. The lowest BCUT2D eigenvalue weighted by Crippen LogP contribution is -2.83. The molecule has 0 aromatic carbocycles. The van der Waals surface area contributed by atoms with Crippen LogP contribution in [0.1, 0.15) is 49.8 Å². The number of fused-ring (bicyclic) bond motifs is 1. The van der Waals surface area contributed by atoms with Gasteiger partial charge in [0.2, 0.25) is 0 Å². The fourth-order valence-corrected chi connectivity index (χ4v) is 3.99. The number of pyridine rings is 1. The van der Waals surface area contributed by atoms with Gasteiger partial charge in [0.25, 0.3) is 0 Å². The summed E-state index contributed by atoms with van der Waals surface area (Å²) in [5.74, 6) is 1.14. The number of hydrogen-bond donors (Lipinski definition) is 3. The minimum Gasteiger partial charge on any atom is -0.444 e. The van der Waals surface area contributed by atoms with Crippen molar-refractivity contribution in [1.29, 1.82) is 0 Å². The molecule has 0 radical (unpaired) electrons. The van der Waals surface area contributed by atoms with Crippen molar-refractivity contribution in [3.05, 3.63) is 23.8 Å². The summed E-state index contributed by atoms with van der Waals surface area (Å²) in [6.07, 6.45) is 2.70. The predicted octanol–water partition coefficient (Wildman–Crippen LogP) is 1.10. The number of carbonyl (C=O) groups is 2. The van der Waals surface area contributed by atoms with Crippen molar-refractivity contribution < 1.29 is 24.4 Å². The van der Waals surface area contributed by atoms with Gasteiger partial charge in [-0.05, 0) is 39.7 Å². The van der Waals surface area contributed by atoms with Gasteiger partial charge in [-0.1, -0.05) is 0 Å². The zero-order valence-corrected chi connectivity index (χ0v) is 21.2. The molecule has 1 aliphatic rings. The highest BCUT2D eigenvalue weighted by molar-refractivity contribution is 6.03. The van der Waals surface area contributed by atoms with Crippen LogP contribution in [0.3, 0.4) is 0 Å². The summed E-state index contributed by atoms with van der Waals surface area (Å²) in [7, 11) is 3.24. The second kappa shape index (κ2) is 10.5. The molecule has 4 N–H and O–H groups in total. The number of likely N-dealkylation sites (tertiary alicyclic amines) is 1. The molecule has 0 saturated carbocycles. The molecule has 2 amide bonds. The summed E-state index contributed by atoms with van der Waals surface area (Å²) < 4.78 is 10.6. The molecule has 0 spiro atoms. The summed E-state index contributed by atoms with van der Waals surface area (Å²) in [6.45, 7) is 6.89. The van der Waals surface area contributed by atoms with Gasteiger partial charge in [0, 0.05) is 26.2 Å². The SMILES string of the molecule is C[NH2+]C(=O)c1cc(-c2n[nH]c(COC)n2)nc2c(N[C@H]3CCCN(C(=O)OC(C)(C)C)C3)ncnc12. The van der Waals surface area contributed by atoms with E-state index in [4.69, 9.17) is 14.5 Å². The van der Waals surface area contributed by atoms with Crippen LogP contribution in [0, 0.1) is 0 Å². The molecule has 36 heavy (non-hydrogen) atoms. The molecular weight excluding hydrogens is 466 g/mol. The van der Waals surface area contributed by atoms with Crippen molar-refractivity contribution in [3.63, 3.8) is 0 Å². The number of methoxy groups -OCH3 is 1. The van der Waals surface area contributed by atoms with E-state index >= 15 is 0 Å². The Morgan fingerprint density at radius 3 is 2.78 bits per heavy atom. The van der Waals surface area contributed by atoms with Gasteiger partial charge in [0.15, 0.2) is 17.5 Å². The number of aromatic amines is 1. The highest BCUT2D eigenvalue weighted by Gasteiger charge is 2.29. The number of nitrogens with one attached hydrogen (secondary N) is 2. The summed E-state index contributed by atoms with van der Waals surface area (Å²) in [4.78, 5) is 45.0. The molecule has 1 atom stereocenters. The van der Waals surface area contributed by atoms with Crippen LogP contribution in [0.2, 0.25) is 0 Å². The Balaban J connectivity index is 1.67. The normalized spacial score (nSPS) is 16.2. The minimum atomic E-state index is -0.566. The molecule has 1 aliphatic heterocycles. The number of ether oxygens (including phenoxy) is 2. The number of anilines is 1. The lowest BCUT2D eigenvalue weighted by Gasteiger charge is -2.34. The second-order valence-electron chi connectivity index (χ2n) is 9.58. The third-order valence-corrected chi connectivity index (χ3v) is 5.57. The number of nitrogens with zero attached hydrogens (tertiary/aromatic N) is 6. The molecule has 3 aromatic heterocycles. The van der Waals surface area contributed by atoms with Crippen LogP contribution in [0.4, 0.5) is 10.6 Å². The number of H-pyrrole nitrogens is 1. The van der Waals surface area contributed by atoms with Crippen LogP contribution in [-0.4, -0.2) is 85.9 Å². The Bertz CT molecular complexity index is 1250. The van der Waals surface area contributed by atoms with Crippen LogP contribution < -0.4 is 10.6 Å². The van der Waals surface area contributed by atoms with Gasteiger partial charge < -0.3 is 19.7 Å². The zero-order valence-electron chi connectivity index (χ0n) is 21.2. The van der Waals surface area contributed by atoms with Gasteiger partial charge in [-0.15, -0.1) is 0 Å². The van der Waals surface area contributed by atoms with Crippen molar-refractivity contribution in [3.8, 4) is 11.5 Å². The predicted molar refractivity (Wildman–Crippen MR) is 130 cm³/mol. The van der Waals surface area contributed by atoms with E-state index in [0.717, 1.165) is 12.8 Å². The van der Waals surface area contributed by atoms with E-state index in [1.807, 2.05) is 20.8 Å². The molecule has 0 unspecified atom stereocenters. The lowest BCUT2D eigenvalue weighted by molar-refractivity contribution is -0.523. The first-order valence-electron chi connectivity index (χ1n) is 11.8. The van der Waals surface area contributed by atoms with Gasteiger partial charge in [0.1, 0.15) is 40.8 Å². The van der Waals surface area contributed by atoms with Crippen LogP contribution in [-0.2, 0) is 16.1 Å². The minimum absolute atomic E-state index is 0.0801. The maximum Gasteiger partial charge on any atom is 0.410 e. The van der Waals surface area contributed by atoms with Crippen molar-refractivity contribution in [2.75, 3.05) is 32.6 Å². The average Bonchev–Trinajstić information content (AvgIpc) is 3.31. The van der Waals surface area contributed by atoms with E-state index in [1.165, 1.54) is 11.6 Å². The van der Waals surface area contributed by atoms with Crippen LogP contribution >= 0.6 is 0 Å².